The van der Waals surface area contributed by atoms with Gasteiger partial charge in [-0.1, -0.05) is 50.3 Å². The zero-order chi connectivity index (χ0) is 25.7. The summed E-state index contributed by atoms with van der Waals surface area (Å²) >= 11 is 0. The van der Waals surface area contributed by atoms with E-state index in [2.05, 4.69) is 5.32 Å². The first-order chi connectivity index (χ1) is 16.8. The van der Waals surface area contributed by atoms with Gasteiger partial charge in [0.15, 0.2) is 5.43 Å². The molecular weight excluding hydrogens is 440 g/mol. The maximum Gasteiger partial charge on any atom is 0.337 e. The number of aryl methyl sites for hydroxylation is 1. The van der Waals surface area contributed by atoms with Crippen molar-refractivity contribution < 1.29 is 14.3 Å². The van der Waals surface area contributed by atoms with Crippen LogP contribution in [0, 0.1) is 12.3 Å². The Hall–Kier alpha value is -4.19. The molecule has 6 nitrogen and oxygen atoms in total. The van der Waals surface area contributed by atoms with Crippen molar-refractivity contribution in [3.05, 3.63) is 105 Å². The average Bonchev–Trinajstić information content (AvgIpc) is 2.85. The summed E-state index contributed by atoms with van der Waals surface area (Å²) in [5, 5.41) is 21.4. The summed E-state index contributed by atoms with van der Waals surface area (Å²) < 4.78 is 6.23. The Morgan fingerprint density at radius 3 is 2.51 bits per heavy atom. The van der Waals surface area contributed by atoms with E-state index in [1.807, 2.05) is 58.9 Å². The first-order valence-electron chi connectivity index (χ1n) is 11.6. The van der Waals surface area contributed by atoms with E-state index >= 15 is 0 Å². The molecule has 3 N–H and O–H groups in total. The molecule has 0 saturated carbocycles. The van der Waals surface area contributed by atoms with Crippen LogP contribution in [0.2, 0.25) is 0 Å². The smallest absolute Gasteiger partial charge is 0.337 e. The lowest BCUT2D eigenvalue weighted by molar-refractivity contribution is 0.0698. The van der Waals surface area contributed by atoms with E-state index in [9.17, 15) is 14.7 Å². The summed E-state index contributed by atoms with van der Waals surface area (Å²) in [6, 6.07) is 11.5. The van der Waals surface area contributed by atoms with Gasteiger partial charge in [0.1, 0.15) is 11.3 Å². The van der Waals surface area contributed by atoms with Gasteiger partial charge in [-0.15, -0.1) is 0 Å². The van der Waals surface area contributed by atoms with Gasteiger partial charge in [-0.3, -0.25) is 4.79 Å². The Morgan fingerprint density at radius 2 is 1.86 bits per heavy atom. The van der Waals surface area contributed by atoms with Crippen LogP contribution in [0.15, 0.2) is 81.6 Å². The molecule has 3 aromatic rings. The van der Waals surface area contributed by atoms with Crippen molar-refractivity contribution in [3.63, 3.8) is 0 Å². The van der Waals surface area contributed by atoms with Crippen molar-refractivity contribution in [2.24, 2.45) is 0 Å². The third-order valence-corrected chi connectivity index (χ3v) is 5.65. The fourth-order valence-corrected chi connectivity index (χ4v) is 3.97. The van der Waals surface area contributed by atoms with E-state index in [1.165, 1.54) is 6.07 Å². The number of carbonyl (C=O) groups is 1. The third kappa shape index (κ3) is 5.32. The number of hydrogen-bond acceptors (Lipinski definition) is 5. The Kier molecular flexibility index (Phi) is 7.87. The molecule has 0 aliphatic heterocycles. The van der Waals surface area contributed by atoms with Crippen LogP contribution in [0.4, 0.5) is 5.69 Å². The van der Waals surface area contributed by atoms with Crippen LogP contribution in [0.3, 0.4) is 0 Å². The molecule has 180 valence electrons. The molecule has 1 unspecified atom stereocenters. The van der Waals surface area contributed by atoms with Crippen molar-refractivity contribution in [2.45, 2.75) is 40.7 Å². The van der Waals surface area contributed by atoms with Crippen molar-refractivity contribution >= 4 is 33.9 Å². The molecule has 0 amide bonds. The number of anilines is 1. The maximum atomic E-state index is 13.0. The lowest BCUT2D eigenvalue weighted by atomic mass is 9.97. The zero-order valence-corrected chi connectivity index (χ0v) is 20.6. The number of para-hydroxylation sites is 1. The summed E-state index contributed by atoms with van der Waals surface area (Å²) in [5.41, 5.74) is 4.35. The van der Waals surface area contributed by atoms with E-state index in [0.717, 1.165) is 16.7 Å². The highest BCUT2D eigenvalue weighted by Crippen LogP contribution is 2.31. The maximum absolute atomic E-state index is 13.0. The Balaban J connectivity index is 0.00000167. The van der Waals surface area contributed by atoms with Gasteiger partial charge in [0.05, 0.1) is 22.7 Å². The van der Waals surface area contributed by atoms with Crippen molar-refractivity contribution in [1.82, 2.24) is 0 Å². The summed E-state index contributed by atoms with van der Waals surface area (Å²) in [6.45, 7) is 9.67. The van der Waals surface area contributed by atoms with Crippen LogP contribution in [0.5, 0.6) is 0 Å². The molecule has 4 rings (SSSR count). The minimum atomic E-state index is -1.02. The number of carboxylic acids is 1. The minimum Gasteiger partial charge on any atom is -0.478 e. The largest absolute Gasteiger partial charge is 0.478 e. The first-order valence-corrected chi connectivity index (χ1v) is 11.6. The predicted octanol–water partition coefficient (Wildman–Crippen LogP) is 6.92. The molecule has 1 heterocycles. The molecule has 2 aromatic carbocycles. The molecule has 35 heavy (non-hydrogen) atoms. The van der Waals surface area contributed by atoms with E-state index in [0.29, 0.717) is 33.7 Å². The monoisotopic (exact) mass is 470 g/mol. The lowest BCUT2D eigenvalue weighted by Gasteiger charge is -2.19. The van der Waals surface area contributed by atoms with Gasteiger partial charge in [0.2, 0.25) is 0 Å². The molecule has 1 aliphatic carbocycles. The van der Waals surface area contributed by atoms with E-state index in [4.69, 9.17) is 9.83 Å². The van der Waals surface area contributed by atoms with Crippen molar-refractivity contribution in [1.29, 1.82) is 5.41 Å². The highest BCUT2D eigenvalue weighted by Gasteiger charge is 2.19. The van der Waals surface area contributed by atoms with Crippen LogP contribution >= 0.6 is 0 Å². The molecule has 0 radical (unpaired) electrons. The second kappa shape index (κ2) is 10.8. The molecule has 0 fully saturated rings. The molecule has 1 atom stereocenters. The lowest BCUT2D eigenvalue weighted by Crippen LogP contribution is -2.13. The number of benzene rings is 2. The molecule has 6 heteroatoms. The number of aromatic carboxylic acids is 1. The van der Waals surface area contributed by atoms with Crippen LogP contribution < -0.4 is 10.7 Å². The Labute approximate surface area is 204 Å². The molecule has 0 saturated heterocycles. The Bertz CT molecular complexity index is 1440. The van der Waals surface area contributed by atoms with Crippen LogP contribution in [-0.2, 0) is 0 Å². The van der Waals surface area contributed by atoms with E-state index in [1.54, 1.807) is 36.4 Å². The van der Waals surface area contributed by atoms with Crippen LogP contribution in [0.25, 0.3) is 16.5 Å². The SMILES string of the molecule is C/C=C1/C=CC(c2cc(=O)c3cc(C)cc(C(C)Nc4ccccc4C(=O)O)c3o2)=CC1=N.CC. The standard InChI is InChI=1S/C27H24N2O4.C2H6/c1-4-17-9-10-18(13-22(17)28)25-14-24(30)21-12-15(2)11-20(26(21)33-25)16(3)29-23-8-6-5-7-19(23)27(31)32;1-2/h4-14,16,28-29H,1-3H3,(H,31,32);1-2H3/b17-4-,28-22?;. The van der Waals surface area contributed by atoms with Crippen LogP contribution in [0.1, 0.15) is 61.0 Å². The van der Waals surface area contributed by atoms with Gasteiger partial charge in [0.25, 0.3) is 0 Å². The molecule has 0 spiro atoms. The summed E-state index contributed by atoms with van der Waals surface area (Å²) in [7, 11) is 0. The normalized spacial score (nSPS) is 14.8. The first kappa shape index (κ1) is 25.4. The molecular formula is C29H30N2O4. The number of allylic oxidation sites excluding steroid dienone is 6. The summed E-state index contributed by atoms with van der Waals surface area (Å²) in [6.07, 6.45) is 7.19. The number of nitrogens with one attached hydrogen (secondary N) is 2. The van der Waals surface area contributed by atoms with Gasteiger partial charge < -0.3 is 20.2 Å². The highest BCUT2D eigenvalue weighted by atomic mass is 16.4. The van der Waals surface area contributed by atoms with E-state index in [-0.39, 0.29) is 17.0 Å². The molecule has 1 aliphatic rings. The van der Waals surface area contributed by atoms with Crippen molar-refractivity contribution in [3.8, 4) is 0 Å². The predicted molar refractivity (Wildman–Crippen MR) is 143 cm³/mol. The fraction of sp³-hybridized carbons (Fsp3) is 0.207. The fourth-order valence-electron chi connectivity index (χ4n) is 3.97. The summed E-state index contributed by atoms with van der Waals surface area (Å²) in [5.74, 6) is -0.640. The second-order valence-electron chi connectivity index (χ2n) is 8.01. The van der Waals surface area contributed by atoms with Gasteiger partial charge >= 0.3 is 5.97 Å². The minimum absolute atomic E-state index is 0.166. The Morgan fingerprint density at radius 1 is 1.14 bits per heavy atom. The highest BCUT2D eigenvalue weighted by molar-refractivity contribution is 6.14. The number of fused-ring (bicyclic) bond motifs is 1. The van der Waals surface area contributed by atoms with Crippen molar-refractivity contribution in [2.75, 3.05) is 5.32 Å². The van der Waals surface area contributed by atoms with Crippen LogP contribution in [-0.4, -0.2) is 16.8 Å². The van der Waals surface area contributed by atoms with Gasteiger partial charge in [0, 0.05) is 22.9 Å². The number of rotatable bonds is 5. The third-order valence-electron chi connectivity index (χ3n) is 5.65. The topological polar surface area (TPSA) is 103 Å². The van der Waals surface area contributed by atoms with Gasteiger partial charge in [-0.2, -0.15) is 0 Å². The zero-order valence-electron chi connectivity index (χ0n) is 20.6. The van der Waals surface area contributed by atoms with Gasteiger partial charge in [-0.25, -0.2) is 4.79 Å². The second-order valence-corrected chi connectivity index (χ2v) is 8.01. The quantitative estimate of drug-likeness (QED) is 0.376. The summed E-state index contributed by atoms with van der Waals surface area (Å²) in [4.78, 5) is 24.6. The molecule has 1 aromatic heterocycles. The van der Waals surface area contributed by atoms with Gasteiger partial charge in [-0.05, 0) is 56.2 Å². The average molecular weight is 471 g/mol. The van der Waals surface area contributed by atoms with E-state index < -0.39 is 5.97 Å². The molecule has 0 bridgehead atoms. The number of hydrogen-bond donors (Lipinski definition) is 3. The number of carboxylic acid groups (broad SMARTS) is 1.